The van der Waals surface area contributed by atoms with Gasteiger partial charge in [-0.15, -0.1) is 0 Å². The highest BCUT2D eigenvalue weighted by Gasteiger charge is 2.31. The zero-order chi connectivity index (χ0) is 17.5. The van der Waals surface area contributed by atoms with Crippen molar-refractivity contribution in [3.05, 3.63) is 59.5 Å². The van der Waals surface area contributed by atoms with E-state index < -0.39 is 0 Å². The molecule has 0 spiro atoms. The predicted molar refractivity (Wildman–Crippen MR) is 93.8 cm³/mol. The summed E-state index contributed by atoms with van der Waals surface area (Å²) >= 11 is 1.40. The summed E-state index contributed by atoms with van der Waals surface area (Å²) in [5, 5.41) is 3.08. The van der Waals surface area contributed by atoms with Crippen LogP contribution in [0, 0.1) is 12.7 Å². The SMILES string of the molecule is CN=C1NC(=O)C(c2ccnc(OC)c2)S1.Cc1ccc(F)cc1. The summed E-state index contributed by atoms with van der Waals surface area (Å²) in [6.45, 7) is 1.93. The molecule has 1 aliphatic rings. The van der Waals surface area contributed by atoms with Crippen LogP contribution in [0.5, 0.6) is 5.88 Å². The van der Waals surface area contributed by atoms with E-state index in [2.05, 4.69) is 15.3 Å². The summed E-state index contributed by atoms with van der Waals surface area (Å²) in [4.78, 5) is 19.6. The van der Waals surface area contributed by atoms with Crippen molar-refractivity contribution >= 4 is 22.8 Å². The van der Waals surface area contributed by atoms with Crippen LogP contribution in [0.4, 0.5) is 4.39 Å². The summed E-state index contributed by atoms with van der Waals surface area (Å²) < 4.78 is 17.1. The maximum atomic E-state index is 12.1. The molecule has 126 valence electrons. The van der Waals surface area contributed by atoms with Crippen molar-refractivity contribution in [3.63, 3.8) is 0 Å². The first kappa shape index (κ1) is 17.9. The Morgan fingerprint density at radius 1 is 1.29 bits per heavy atom. The van der Waals surface area contributed by atoms with E-state index >= 15 is 0 Å². The van der Waals surface area contributed by atoms with E-state index in [0.717, 1.165) is 11.1 Å². The van der Waals surface area contributed by atoms with Gasteiger partial charge in [0.15, 0.2) is 5.17 Å². The molecular weight excluding hydrogens is 329 g/mol. The minimum atomic E-state index is -0.268. The van der Waals surface area contributed by atoms with Crippen LogP contribution < -0.4 is 10.1 Å². The minimum absolute atomic E-state index is 0.0566. The van der Waals surface area contributed by atoms with E-state index in [1.807, 2.05) is 6.92 Å². The molecule has 2 aromatic rings. The number of nitrogens with zero attached hydrogens (tertiary/aromatic N) is 2. The molecule has 1 atom stereocenters. The van der Waals surface area contributed by atoms with Crippen LogP contribution in [0.3, 0.4) is 0 Å². The number of ether oxygens (including phenoxy) is 1. The Balaban J connectivity index is 0.000000219. The zero-order valence-electron chi connectivity index (χ0n) is 13.6. The number of aromatic nitrogens is 1. The fourth-order valence-electron chi connectivity index (χ4n) is 1.93. The molecule has 0 aliphatic carbocycles. The number of nitrogens with one attached hydrogen (secondary N) is 1. The van der Waals surface area contributed by atoms with E-state index in [4.69, 9.17) is 4.74 Å². The molecule has 2 heterocycles. The number of benzene rings is 1. The highest BCUT2D eigenvalue weighted by molar-refractivity contribution is 8.15. The van der Waals surface area contributed by atoms with Crippen LogP contribution in [0.15, 0.2) is 47.6 Å². The number of rotatable bonds is 2. The lowest BCUT2D eigenvalue weighted by molar-refractivity contribution is -0.118. The first-order chi connectivity index (χ1) is 11.5. The number of aliphatic imine (C=N–C) groups is 1. The highest BCUT2D eigenvalue weighted by Crippen LogP contribution is 2.34. The molecule has 24 heavy (non-hydrogen) atoms. The second-order valence-electron chi connectivity index (χ2n) is 4.94. The van der Waals surface area contributed by atoms with Gasteiger partial charge in [0, 0.05) is 19.3 Å². The van der Waals surface area contributed by atoms with Gasteiger partial charge in [0.2, 0.25) is 11.8 Å². The molecule has 7 heteroatoms. The molecule has 1 aromatic carbocycles. The smallest absolute Gasteiger partial charge is 0.244 e. The average Bonchev–Trinajstić information content (AvgIpc) is 2.99. The Kier molecular flexibility index (Phi) is 6.31. The number of methoxy groups -OCH3 is 1. The summed E-state index contributed by atoms with van der Waals surface area (Å²) in [6, 6.07) is 9.96. The van der Waals surface area contributed by atoms with Gasteiger partial charge < -0.3 is 10.1 Å². The molecule has 5 nitrogen and oxygen atoms in total. The van der Waals surface area contributed by atoms with Gasteiger partial charge in [-0.1, -0.05) is 29.5 Å². The van der Waals surface area contributed by atoms with Gasteiger partial charge in [-0.25, -0.2) is 9.37 Å². The average molecular weight is 347 g/mol. The van der Waals surface area contributed by atoms with E-state index in [1.165, 1.54) is 23.9 Å². The van der Waals surface area contributed by atoms with Crippen LogP contribution in [0.2, 0.25) is 0 Å². The Labute approximate surface area is 144 Å². The van der Waals surface area contributed by atoms with Crippen LogP contribution >= 0.6 is 11.8 Å². The number of pyridine rings is 1. The normalized spacial score (nSPS) is 17.9. The van der Waals surface area contributed by atoms with Crippen molar-refractivity contribution in [1.29, 1.82) is 0 Å². The predicted octanol–water partition coefficient (Wildman–Crippen LogP) is 3.11. The number of halogens is 1. The van der Waals surface area contributed by atoms with Crippen LogP contribution in [0.25, 0.3) is 0 Å². The molecule has 0 bridgehead atoms. The maximum absolute atomic E-state index is 12.1. The number of thioether (sulfide) groups is 1. The summed E-state index contributed by atoms with van der Waals surface area (Å²) in [5.74, 6) is 0.280. The van der Waals surface area contributed by atoms with Gasteiger partial charge >= 0.3 is 0 Å². The number of carbonyl (C=O) groups excluding carboxylic acids is 1. The van der Waals surface area contributed by atoms with E-state index in [-0.39, 0.29) is 17.0 Å². The monoisotopic (exact) mass is 347 g/mol. The molecule has 1 saturated heterocycles. The van der Waals surface area contributed by atoms with Crippen molar-refractivity contribution in [3.8, 4) is 5.88 Å². The Morgan fingerprint density at radius 3 is 2.54 bits per heavy atom. The Morgan fingerprint density at radius 2 is 2.00 bits per heavy atom. The molecule has 1 amide bonds. The number of hydrogen-bond donors (Lipinski definition) is 1. The molecule has 1 fully saturated rings. The van der Waals surface area contributed by atoms with Gasteiger partial charge in [-0.05, 0) is 30.7 Å². The number of amides is 1. The molecule has 1 aromatic heterocycles. The maximum Gasteiger partial charge on any atom is 0.244 e. The van der Waals surface area contributed by atoms with Crippen molar-refractivity contribution in [2.24, 2.45) is 4.99 Å². The van der Waals surface area contributed by atoms with Crippen LogP contribution in [-0.2, 0) is 4.79 Å². The molecular formula is C17H18FN3O2S. The second-order valence-corrected chi connectivity index (χ2v) is 6.04. The third-order valence-electron chi connectivity index (χ3n) is 3.18. The lowest BCUT2D eigenvalue weighted by atomic mass is 10.2. The largest absolute Gasteiger partial charge is 0.481 e. The fourth-order valence-corrected chi connectivity index (χ4v) is 2.86. The molecule has 1 N–H and O–H groups in total. The number of amidine groups is 1. The standard InChI is InChI=1S/C10H11N3O2S.C7H7F/c1-11-10-13-9(14)8(16-10)6-3-4-12-7(5-6)15-2;1-6-2-4-7(8)5-3-6/h3-5,8H,1-2H3,(H,11,13,14);2-5H,1H3. The quantitative estimate of drug-likeness (QED) is 0.907. The topological polar surface area (TPSA) is 63.6 Å². The van der Waals surface area contributed by atoms with Crippen molar-refractivity contribution < 1.29 is 13.9 Å². The summed E-state index contributed by atoms with van der Waals surface area (Å²) in [7, 11) is 3.20. The van der Waals surface area contributed by atoms with E-state index in [0.29, 0.717) is 11.0 Å². The third kappa shape index (κ3) is 4.79. The van der Waals surface area contributed by atoms with Crippen LogP contribution in [0.1, 0.15) is 16.4 Å². The highest BCUT2D eigenvalue weighted by atomic mass is 32.2. The molecule has 1 aliphatic heterocycles. The minimum Gasteiger partial charge on any atom is -0.481 e. The van der Waals surface area contributed by atoms with Gasteiger partial charge in [0.05, 0.1) is 7.11 Å². The van der Waals surface area contributed by atoms with Gasteiger partial charge in [-0.2, -0.15) is 0 Å². The molecule has 0 radical (unpaired) electrons. The second kappa shape index (κ2) is 8.44. The first-order valence-corrected chi connectivity index (χ1v) is 8.08. The summed E-state index contributed by atoms with van der Waals surface area (Å²) in [5.41, 5.74) is 1.96. The van der Waals surface area contributed by atoms with Gasteiger partial charge in [0.25, 0.3) is 0 Å². The van der Waals surface area contributed by atoms with Gasteiger partial charge in [-0.3, -0.25) is 9.79 Å². The van der Waals surface area contributed by atoms with Crippen molar-refractivity contribution in [2.75, 3.05) is 14.2 Å². The number of aryl methyl sites for hydroxylation is 1. The Bertz CT molecular complexity index is 714. The molecule has 3 rings (SSSR count). The van der Waals surface area contributed by atoms with Crippen molar-refractivity contribution in [2.45, 2.75) is 12.2 Å². The molecule has 0 saturated carbocycles. The zero-order valence-corrected chi connectivity index (χ0v) is 14.4. The van der Waals surface area contributed by atoms with Crippen molar-refractivity contribution in [1.82, 2.24) is 10.3 Å². The van der Waals surface area contributed by atoms with E-state index in [1.54, 1.807) is 44.6 Å². The molecule has 1 unspecified atom stereocenters. The first-order valence-electron chi connectivity index (χ1n) is 7.20. The van der Waals surface area contributed by atoms with Gasteiger partial charge in [0.1, 0.15) is 11.1 Å². The van der Waals surface area contributed by atoms with E-state index in [9.17, 15) is 9.18 Å². The Hall–Kier alpha value is -2.41. The fraction of sp³-hybridized carbons (Fsp3) is 0.235. The third-order valence-corrected chi connectivity index (χ3v) is 4.41. The number of hydrogen-bond acceptors (Lipinski definition) is 5. The van der Waals surface area contributed by atoms with Crippen LogP contribution in [-0.4, -0.2) is 30.2 Å². The lowest BCUT2D eigenvalue weighted by Gasteiger charge is -2.06. The number of carbonyl (C=O) groups is 1. The summed E-state index contributed by atoms with van der Waals surface area (Å²) in [6.07, 6.45) is 1.63. The lowest BCUT2D eigenvalue weighted by Crippen LogP contribution is -2.21.